The molecule has 0 atom stereocenters. The second kappa shape index (κ2) is 9.98. The molecule has 1 aromatic heterocycles. The molecule has 0 unspecified atom stereocenters. The predicted molar refractivity (Wildman–Crippen MR) is 117 cm³/mol. The molecule has 0 spiro atoms. The van der Waals surface area contributed by atoms with Crippen molar-refractivity contribution >= 4 is 23.6 Å². The number of benzene rings is 2. The summed E-state index contributed by atoms with van der Waals surface area (Å²) < 4.78 is 7.04. The fourth-order valence-corrected chi connectivity index (χ4v) is 3.65. The number of hydrazine groups is 1. The highest BCUT2D eigenvalue weighted by molar-refractivity contribution is 7.99. The van der Waals surface area contributed by atoms with Crippen LogP contribution in [0.4, 0.5) is 0 Å². The van der Waals surface area contributed by atoms with Gasteiger partial charge in [-0.2, -0.15) is 0 Å². The molecule has 0 aliphatic heterocycles. The molecule has 3 rings (SSSR count). The summed E-state index contributed by atoms with van der Waals surface area (Å²) in [6.45, 7) is 4.28. The highest BCUT2D eigenvalue weighted by Crippen LogP contribution is 2.27. The van der Waals surface area contributed by atoms with Crippen molar-refractivity contribution in [2.75, 3.05) is 12.9 Å². The van der Waals surface area contributed by atoms with Crippen LogP contribution < -0.4 is 15.6 Å². The summed E-state index contributed by atoms with van der Waals surface area (Å²) in [5.74, 6) is 0.403. The Morgan fingerprint density at radius 2 is 1.83 bits per heavy atom. The lowest BCUT2D eigenvalue weighted by atomic mass is 10.0. The van der Waals surface area contributed by atoms with Crippen molar-refractivity contribution < 1.29 is 14.3 Å². The van der Waals surface area contributed by atoms with Gasteiger partial charge in [0, 0.05) is 18.0 Å². The number of ether oxygens (including phenoxy) is 1. The predicted octanol–water partition coefficient (Wildman–Crippen LogP) is 3.56. The highest BCUT2D eigenvalue weighted by Gasteiger charge is 2.14. The molecule has 30 heavy (non-hydrogen) atoms. The number of amides is 2. The number of para-hydroxylation sites is 1. The Labute approximate surface area is 179 Å². The summed E-state index contributed by atoms with van der Waals surface area (Å²) in [4.78, 5) is 28.7. The van der Waals surface area contributed by atoms with Gasteiger partial charge in [-0.25, -0.2) is 4.98 Å². The minimum atomic E-state index is -0.400. The first-order valence-corrected chi connectivity index (χ1v) is 10.5. The van der Waals surface area contributed by atoms with Gasteiger partial charge >= 0.3 is 0 Å². The Morgan fingerprint density at radius 3 is 2.53 bits per heavy atom. The normalized spacial score (nSPS) is 10.7. The van der Waals surface area contributed by atoms with E-state index in [0.29, 0.717) is 22.4 Å². The van der Waals surface area contributed by atoms with E-state index < -0.39 is 5.91 Å². The molecule has 0 radical (unpaired) electrons. The van der Waals surface area contributed by atoms with E-state index in [-0.39, 0.29) is 11.7 Å². The van der Waals surface area contributed by atoms with Crippen LogP contribution >= 0.6 is 11.8 Å². The third-order valence-electron chi connectivity index (χ3n) is 4.43. The Hall–Kier alpha value is -3.26. The van der Waals surface area contributed by atoms with E-state index in [1.54, 1.807) is 37.6 Å². The number of methoxy groups -OCH3 is 1. The third kappa shape index (κ3) is 5.21. The molecule has 0 saturated carbocycles. The molecule has 0 aliphatic rings. The first-order chi connectivity index (χ1) is 14.5. The smallest absolute Gasteiger partial charge is 0.269 e. The highest BCUT2D eigenvalue weighted by atomic mass is 32.2. The van der Waals surface area contributed by atoms with E-state index in [1.165, 1.54) is 17.3 Å². The summed E-state index contributed by atoms with van der Waals surface area (Å²) in [7, 11) is 1.56. The van der Waals surface area contributed by atoms with Crippen molar-refractivity contribution in [2.24, 2.45) is 0 Å². The molecule has 2 aromatic carbocycles. The number of hydrogen-bond donors (Lipinski definition) is 2. The number of hydrogen-bond acceptors (Lipinski definition) is 5. The zero-order valence-electron chi connectivity index (χ0n) is 17.1. The molecule has 1 heterocycles. The summed E-state index contributed by atoms with van der Waals surface area (Å²) in [6.07, 6.45) is 3.59. The van der Waals surface area contributed by atoms with Gasteiger partial charge in [0.2, 0.25) is 5.91 Å². The second-order valence-corrected chi connectivity index (χ2v) is 7.76. The Morgan fingerprint density at radius 1 is 1.10 bits per heavy atom. The van der Waals surface area contributed by atoms with Crippen LogP contribution in [0.25, 0.3) is 5.69 Å². The van der Waals surface area contributed by atoms with Gasteiger partial charge in [-0.15, -0.1) is 0 Å². The van der Waals surface area contributed by atoms with Crippen molar-refractivity contribution in [3.8, 4) is 11.4 Å². The van der Waals surface area contributed by atoms with Crippen LogP contribution in [0.2, 0.25) is 0 Å². The average Bonchev–Trinajstić information content (AvgIpc) is 3.24. The van der Waals surface area contributed by atoms with E-state index >= 15 is 0 Å². The largest absolute Gasteiger partial charge is 0.497 e. The van der Waals surface area contributed by atoms with Crippen LogP contribution in [0.3, 0.4) is 0 Å². The van der Waals surface area contributed by atoms with E-state index in [0.717, 1.165) is 5.69 Å². The zero-order valence-corrected chi connectivity index (χ0v) is 17.9. The number of thioether (sulfide) groups is 1. The Balaban J connectivity index is 1.57. The molecular formula is C22H24N4O3S. The quantitative estimate of drug-likeness (QED) is 0.447. The Kier molecular flexibility index (Phi) is 7.13. The van der Waals surface area contributed by atoms with Gasteiger partial charge < -0.3 is 4.74 Å². The maximum Gasteiger partial charge on any atom is 0.269 e. The maximum absolute atomic E-state index is 12.2. The number of nitrogens with one attached hydrogen (secondary N) is 2. The number of carbonyl (C=O) groups excluding carboxylic acids is 2. The van der Waals surface area contributed by atoms with Crippen LogP contribution in [-0.4, -0.2) is 34.2 Å². The molecule has 2 amide bonds. The second-order valence-electron chi connectivity index (χ2n) is 6.81. The monoisotopic (exact) mass is 424 g/mol. The van der Waals surface area contributed by atoms with Crippen molar-refractivity contribution in [2.45, 2.75) is 24.9 Å². The Bertz CT molecular complexity index is 1020. The maximum atomic E-state index is 12.2. The van der Waals surface area contributed by atoms with Gasteiger partial charge in [-0.3, -0.25) is 25.0 Å². The van der Waals surface area contributed by atoms with Crippen LogP contribution in [0, 0.1) is 0 Å². The van der Waals surface area contributed by atoms with Crippen molar-refractivity contribution in [1.82, 2.24) is 20.4 Å². The molecule has 0 fully saturated rings. The molecular weight excluding hydrogens is 400 g/mol. The average molecular weight is 425 g/mol. The summed E-state index contributed by atoms with van der Waals surface area (Å²) in [6, 6.07) is 14.7. The van der Waals surface area contributed by atoms with E-state index in [9.17, 15) is 9.59 Å². The lowest BCUT2D eigenvalue weighted by Crippen LogP contribution is -2.42. The first kappa shape index (κ1) is 21.4. The number of aromatic nitrogens is 2. The molecule has 0 bridgehead atoms. The number of imidazole rings is 1. The van der Waals surface area contributed by atoms with Crippen molar-refractivity contribution in [1.29, 1.82) is 0 Å². The summed E-state index contributed by atoms with van der Waals surface area (Å²) >= 11 is 1.30. The molecule has 8 heteroatoms. The van der Waals surface area contributed by atoms with Crippen molar-refractivity contribution in [3.63, 3.8) is 0 Å². The minimum Gasteiger partial charge on any atom is -0.497 e. The summed E-state index contributed by atoms with van der Waals surface area (Å²) in [5.41, 5.74) is 7.52. The molecule has 0 aliphatic carbocycles. The van der Waals surface area contributed by atoms with E-state index in [2.05, 4.69) is 35.7 Å². The fraction of sp³-hybridized carbons (Fsp3) is 0.227. The van der Waals surface area contributed by atoms with E-state index in [4.69, 9.17) is 4.74 Å². The number of rotatable bonds is 7. The van der Waals surface area contributed by atoms with Crippen LogP contribution in [0.15, 0.2) is 66.1 Å². The van der Waals surface area contributed by atoms with Crippen LogP contribution in [0.1, 0.15) is 35.7 Å². The van der Waals surface area contributed by atoms with E-state index in [1.807, 2.05) is 29.0 Å². The lowest BCUT2D eigenvalue weighted by Gasteiger charge is -2.15. The van der Waals surface area contributed by atoms with Gasteiger partial charge in [0.05, 0.1) is 18.6 Å². The minimum absolute atomic E-state index is 0.115. The molecule has 3 aromatic rings. The van der Waals surface area contributed by atoms with Crippen LogP contribution in [0.5, 0.6) is 5.75 Å². The van der Waals surface area contributed by atoms with Gasteiger partial charge in [0.25, 0.3) is 5.91 Å². The topological polar surface area (TPSA) is 85.2 Å². The standard InChI is InChI=1S/C22H24N4O3S/c1-15(2)18-6-4-5-7-19(18)26-13-12-23-22(26)30-14-20(27)24-25-21(28)16-8-10-17(29-3)11-9-16/h4-13,15H,14H2,1-3H3,(H,24,27)(H,25,28). The van der Waals surface area contributed by atoms with Gasteiger partial charge in [-0.1, -0.05) is 43.8 Å². The molecule has 7 nitrogen and oxygen atoms in total. The summed E-state index contributed by atoms with van der Waals surface area (Å²) in [5, 5.41) is 0.708. The van der Waals surface area contributed by atoms with Gasteiger partial charge in [0.1, 0.15) is 5.75 Å². The number of nitrogens with zero attached hydrogens (tertiary/aromatic N) is 2. The fourth-order valence-electron chi connectivity index (χ4n) is 2.88. The van der Waals surface area contributed by atoms with Gasteiger partial charge in [-0.05, 0) is 41.8 Å². The third-order valence-corrected chi connectivity index (χ3v) is 5.39. The molecule has 0 saturated heterocycles. The SMILES string of the molecule is COc1ccc(C(=O)NNC(=O)CSc2nccn2-c2ccccc2C(C)C)cc1. The number of carbonyl (C=O) groups is 2. The molecule has 2 N–H and O–H groups in total. The van der Waals surface area contributed by atoms with Crippen LogP contribution in [-0.2, 0) is 4.79 Å². The zero-order chi connectivity index (χ0) is 21.5. The van der Waals surface area contributed by atoms with Crippen molar-refractivity contribution in [3.05, 3.63) is 72.1 Å². The molecule has 156 valence electrons. The first-order valence-electron chi connectivity index (χ1n) is 9.48. The lowest BCUT2D eigenvalue weighted by molar-refractivity contribution is -0.119. The van der Waals surface area contributed by atoms with Gasteiger partial charge in [0.15, 0.2) is 5.16 Å².